The number of nitrogens with zero attached hydrogens (tertiary/aromatic N) is 2. The molecule has 0 fully saturated rings. The number of hydrogen-bond donors (Lipinski definition) is 1. The van der Waals surface area contributed by atoms with Crippen molar-refractivity contribution in [3.05, 3.63) is 52.4 Å². The first-order chi connectivity index (χ1) is 10.7. The second kappa shape index (κ2) is 6.24. The summed E-state index contributed by atoms with van der Waals surface area (Å²) in [7, 11) is -3.30. The van der Waals surface area contributed by atoms with Crippen molar-refractivity contribution in [2.45, 2.75) is 10.7 Å². The molecule has 1 aromatic heterocycles. The molecule has 122 valence electrons. The summed E-state index contributed by atoms with van der Waals surface area (Å²) in [6, 6.07) is 6.67. The predicted molar refractivity (Wildman–Crippen MR) is 77.1 cm³/mol. The number of alkyl halides is 2. The van der Waals surface area contributed by atoms with Crippen LogP contribution in [0.2, 0.25) is 0 Å². The maximum Gasteiger partial charge on any atom is 0.341 e. The van der Waals surface area contributed by atoms with Crippen molar-refractivity contribution in [1.82, 2.24) is 9.78 Å². The zero-order chi connectivity index (χ0) is 17.2. The van der Waals surface area contributed by atoms with Gasteiger partial charge in [-0.1, -0.05) is 0 Å². The smallest absolute Gasteiger partial charge is 0.321 e. The molecule has 23 heavy (non-hydrogen) atoms. The molecular formula is C13H11F2N3O4S. The molecule has 2 rings (SSSR count). The number of aromatic nitrogens is 2. The van der Waals surface area contributed by atoms with Gasteiger partial charge in [0.05, 0.1) is 4.90 Å². The molecule has 1 N–H and O–H groups in total. The zero-order valence-corrected chi connectivity index (χ0v) is 12.5. The van der Waals surface area contributed by atoms with Crippen LogP contribution in [0.3, 0.4) is 0 Å². The van der Waals surface area contributed by atoms with Gasteiger partial charge in [0.1, 0.15) is 5.69 Å². The minimum atomic E-state index is -4.68. The lowest BCUT2D eigenvalue weighted by Gasteiger charge is -2.07. The van der Waals surface area contributed by atoms with Crippen LogP contribution in [0.1, 0.15) is 10.5 Å². The highest BCUT2D eigenvalue weighted by atomic mass is 32.2. The Hall–Kier alpha value is -2.62. The molecule has 0 aliphatic heterocycles. The molecule has 0 bridgehead atoms. The van der Waals surface area contributed by atoms with Crippen LogP contribution in [0.25, 0.3) is 0 Å². The van der Waals surface area contributed by atoms with Crippen molar-refractivity contribution in [3.63, 3.8) is 0 Å². The minimum Gasteiger partial charge on any atom is -0.321 e. The SMILES string of the molecule is Cn1nc(C(=O)Nc2ccc(S(=O)(=O)C(F)F)cc2)ccc1=O. The second-order valence-corrected chi connectivity index (χ2v) is 6.38. The van der Waals surface area contributed by atoms with Gasteiger partial charge in [-0.3, -0.25) is 9.59 Å². The number of aryl methyl sites for hydroxylation is 1. The van der Waals surface area contributed by atoms with Crippen LogP contribution in [0.15, 0.2) is 46.1 Å². The average Bonchev–Trinajstić information content (AvgIpc) is 2.50. The van der Waals surface area contributed by atoms with Crippen molar-refractivity contribution in [1.29, 1.82) is 0 Å². The van der Waals surface area contributed by atoms with Crippen molar-refractivity contribution in [3.8, 4) is 0 Å². The number of benzene rings is 1. The van der Waals surface area contributed by atoms with Crippen LogP contribution in [0.5, 0.6) is 0 Å². The molecule has 0 unspecified atom stereocenters. The lowest BCUT2D eigenvalue weighted by Crippen LogP contribution is -2.23. The summed E-state index contributed by atoms with van der Waals surface area (Å²) < 4.78 is 48.3. The quantitative estimate of drug-likeness (QED) is 0.894. The maximum atomic E-state index is 12.4. The number of rotatable bonds is 4. The van der Waals surface area contributed by atoms with Crippen LogP contribution in [0, 0.1) is 0 Å². The molecule has 7 nitrogen and oxygen atoms in total. The molecule has 2 aromatic rings. The predicted octanol–water partition coefficient (Wildman–Crippen LogP) is 1.03. The van der Waals surface area contributed by atoms with Crippen molar-refractivity contribution >= 4 is 21.4 Å². The molecule has 0 spiro atoms. The largest absolute Gasteiger partial charge is 0.341 e. The normalized spacial score (nSPS) is 11.5. The van der Waals surface area contributed by atoms with E-state index in [9.17, 15) is 26.8 Å². The van der Waals surface area contributed by atoms with Gasteiger partial charge in [-0.15, -0.1) is 0 Å². The Bertz CT molecular complexity index is 892. The molecule has 10 heteroatoms. The summed E-state index contributed by atoms with van der Waals surface area (Å²) in [5, 5.41) is 6.16. The topological polar surface area (TPSA) is 98.1 Å². The first kappa shape index (κ1) is 16.7. The van der Waals surface area contributed by atoms with E-state index in [4.69, 9.17) is 0 Å². The van der Waals surface area contributed by atoms with E-state index in [0.717, 1.165) is 16.8 Å². The van der Waals surface area contributed by atoms with E-state index in [-0.39, 0.29) is 16.9 Å². The summed E-state index contributed by atoms with van der Waals surface area (Å²) in [5.74, 6) is -4.15. The first-order valence-electron chi connectivity index (χ1n) is 6.19. The summed E-state index contributed by atoms with van der Waals surface area (Å²) in [4.78, 5) is 22.6. The molecule has 1 heterocycles. The molecule has 0 radical (unpaired) electrons. The highest BCUT2D eigenvalue weighted by Crippen LogP contribution is 2.20. The summed E-state index contributed by atoms with van der Waals surface area (Å²) in [6.07, 6.45) is 0. The van der Waals surface area contributed by atoms with E-state index >= 15 is 0 Å². The van der Waals surface area contributed by atoms with E-state index in [0.29, 0.717) is 0 Å². The Morgan fingerprint density at radius 1 is 1.17 bits per heavy atom. The van der Waals surface area contributed by atoms with Gasteiger partial charge in [0, 0.05) is 18.8 Å². The Morgan fingerprint density at radius 3 is 2.30 bits per heavy atom. The fraction of sp³-hybridized carbons (Fsp3) is 0.154. The van der Waals surface area contributed by atoms with Crippen molar-refractivity contribution in [2.24, 2.45) is 7.05 Å². The van der Waals surface area contributed by atoms with Gasteiger partial charge < -0.3 is 5.32 Å². The maximum absolute atomic E-state index is 12.4. The van der Waals surface area contributed by atoms with E-state index in [1.807, 2.05) is 0 Å². The first-order valence-corrected chi connectivity index (χ1v) is 7.74. The molecule has 0 saturated heterocycles. The Labute approximate surface area is 129 Å². The number of halogens is 2. The monoisotopic (exact) mass is 343 g/mol. The number of nitrogens with one attached hydrogen (secondary N) is 1. The van der Waals surface area contributed by atoms with E-state index in [1.54, 1.807) is 0 Å². The summed E-state index contributed by atoms with van der Waals surface area (Å²) in [6.45, 7) is 0. The van der Waals surface area contributed by atoms with Gasteiger partial charge in [0.15, 0.2) is 0 Å². The van der Waals surface area contributed by atoms with E-state index < -0.39 is 26.4 Å². The molecule has 0 aliphatic rings. The van der Waals surface area contributed by atoms with Gasteiger partial charge in [0.25, 0.3) is 11.5 Å². The Balaban J connectivity index is 2.19. The molecule has 0 atom stereocenters. The van der Waals surface area contributed by atoms with E-state index in [1.165, 1.54) is 31.3 Å². The highest BCUT2D eigenvalue weighted by Gasteiger charge is 2.26. The fourth-order valence-corrected chi connectivity index (χ4v) is 2.37. The van der Waals surface area contributed by atoms with Gasteiger partial charge in [0.2, 0.25) is 9.84 Å². The number of hydrogen-bond acceptors (Lipinski definition) is 5. The van der Waals surface area contributed by atoms with Crippen molar-refractivity contribution in [2.75, 3.05) is 5.32 Å². The third-order valence-electron chi connectivity index (χ3n) is 2.87. The van der Waals surface area contributed by atoms with Gasteiger partial charge in [-0.05, 0) is 30.3 Å². The van der Waals surface area contributed by atoms with Crippen LogP contribution in [-0.4, -0.2) is 29.9 Å². The van der Waals surface area contributed by atoms with Crippen LogP contribution in [-0.2, 0) is 16.9 Å². The summed E-state index contributed by atoms with van der Waals surface area (Å²) >= 11 is 0. The second-order valence-electron chi connectivity index (χ2n) is 4.46. The number of amides is 1. The average molecular weight is 343 g/mol. The molecule has 0 aliphatic carbocycles. The van der Waals surface area contributed by atoms with Crippen LogP contribution in [0.4, 0.5) is 14.5 Å². The molecule has 1 amide bonds. The Morgan fingerprint density at radius 2 is 1.78 bits per heavy atom. The number of sulfone groups is 1. The van der Waals surface area contributed by atoms with E-state index in [2.05, 4.69) is 10.4 Å². The summed E-state index contributed by atoms with van der Waals surface area (Å²) in [5.41, 5.74) is -0.224. The number of carbonyl (C=O) groups is 1. The third kappa shape index (κ3) is 3.59. The zero-order valence-electron chi connectivity index (χ0n) is 11.7. The van der Waals surface area contributed by atoms with Crippen molar-refractivity contribution < 1.29 is 22.0 Å². The van der Waals surface area contributed by atoms with Gasteiger partial charge in [-0.2, -0.15) is 13.9 Å². The minimum absolute atomic E-state index is 0.0311. The van der Waals surface area contributed by atoms with Crippen LogP contribution < -0.4 is 10.9 Å². The third-order valence-corrected chi connectivity index (χ3v) is 4.27. The number of anilines is 1. The lowest BCUT2D eigenvalue weighted by atomic mass is 10.3. The van der Waals surface area contributed by atoms with Crippen LogP contribution >= 0.6 is 0 Å². The lowest BCUT2D eigenvalue weighted by molar-refractivity contribution is 0.102. The van der Waals surface area contributed by atoms with Gasteiger partial charge >= 0.3 is 5.76 Å². The molecule has 0 saturated carbocycles. The Kier molecular flexibility index (Phi) is 4.55. The highest BCUT2D eigenvalue weighted by molar-refractivity contribution is 7.91. The molecule has 1 aromatic carbocycles. The standard InChI is InChI=1S/C13H11F2N3O4S/c1-18-11(19)7-6-10(17-18)12(20)16-8-2-4-9(5-3-8)23(21,22)13(14)15/h2-7,13H,1H3,(H,16,20). The number of carbonyl (C=O) groups excluding carboxylic acids is 1. The molecular weight excluding hydrogens is 332 g/mol. The fourth-order valence-electron chi connectivity index (χ4n) is 1.65. The van der Waals surface area contributed by atoms with Gasteiger partial charge in [-0.25, -0.2) is 13.1 Å².